The summed E-state index contributed by atoms with van der Waals surface area (Å²) >= 11 is 0. The Balaban J connectivity index is 1.21. The molecule has 0 aliphatic heterocycles. The average molecular weight is 715 g/mol. The Labute approximate surface area is 327 Å². The van der Waals surface area contributed by atoms with E-state index in [2.05, 4.69) is 240 Å². The highest BCUT2D eigenvalue weighted by Gasteiger charge is 2.24. The summed E-state index contributed by atoms with van der Waals surface area (Å²) in [7, 11) is 0. The molecule has 9 aromatic carbocycles. The number of fused-ring (bicyclic) bond motifs is 3. The van der Waals surface area contributed by atoms with Crippen molar-refractivity contribution in [2.45, 2.75) is 0 Å². The molecule has 0 unspecified atom stereocenters. The van der Waals surface area contributed by atoms with Gasteiger partial charge in [0.15, 0.2) is 0 Å². The number of hydrogen-bond acceptors (Lipinski definition) is 1. The second-order valence-corrected chi connectivity index (χ2v) is 14.1. The molecule has 0 N–H and O–H groups in total. The van der Waals surface area contributed by atoms with Crippen LogP contribution in [0.15, 0.2) is 231 Å². The molecule has 0 bridgehead atoms. The van der Waals surface area contributed by atoms with Gasteiger partial charge in [-0.3, -0.25) is 0 Å². The molecule has 0 saturated heterocycles. The van der Waals surface area contributed by atoms with Crippen molar-refractivity contribution in [2.75, 3.05) is 4.90 Å². The van der Waals surface area contributed by atoms with Gasteiger partial charge in [-0.2, -0.15) is 0 Å². The molecule has 264 valence electrons. The van der Waals surface area contributed by atoms with Crippen LogP contribution in [0.4, 0.5) is 17.1 Å². The second kappa shape index (κ2) is 14.4. The molecule has 0 radical (unpaired) electrons. The number of benzene rings is 9. The highest BCUT2D eigenvalue weighted by molar-refractivity contribution is 6.17. The van der Waals surface area contributed by atoms with Crippen LogP contribution in [0.3, 0.4) is 0 Å². The molecular formula is C54H38N2. The zero-order valence-electron chi connectivity index (χ0n) is 30.8. The normalized spacial score (nSPS) is 11.2. The maximum atomic E-state index is 2.49. The molecule has 10 aromatic rings. The largest absolute Gasteiger partial charge is 0.310 e. The van der Waals surface area contributed by atoms with Gasteiger partial charge in [0.25, 0.3) is 0 Å². The van der Waals surface area contributed by atoms with Gasteiger partial charge in [-0.15, -0.1) is 0 Å². The molecule has 0 fully saturated rings. The van der Waals surface area contributed by atoms with Gasteiger partial charge in [-0.05, 0) is 75.8 Å². The molecule has 1 aromatic heterocycles. The Hall–Kier alpha value is -7.42. The molecule has 2 heteroatoms. The molecule has 10 rings (SSSR count). The molecule has 0 amide bonds. The maximum absolute atomic E-state index is 2.49. The first-order valence-electron chi connectivity index (χ1n) is 19.2. The van der Waals surface area contributed by atoms with E-state index in [-0.39, 0.29) is 0 Å². The minimum Gasteiger partial charge on any atom is -0.310 e. The van der Waals surface area contributed by atoms with Gasteiger partial charge in [-0.25, -0.2) is 0 Å². The first kappa shape index (κ1) is 33.2. The smallest absolute Gasteiger partial charge is 0.0618 e. The lowest BCUT2D eigenvalue weighted by Crippen LogP contribution is -2.10. The first-order valence-corrected chi connectivity index (χ1v) is 19.2. The molecule has 1 heterocycles. The Morgan fingerprint density at radius 2 is 0.696 bits per heavy atom. The van der Waals surface area contributed by atoms with Crippen LogP contribution in [-0.2, 0) is 0 Å². The monoisotopic (exact) mass is 714 g/mol. The van der Waals surface area contributed by atoms with E-state index in [1.54, 1.807) is 0 Å². The summed E-state index contributed by atoms with van der Waals surface area (Å²) in [6, 6.07) is 83.0. The van der Waals surface area contributed by atoms with Crippen LogP contribution in [0, 0.1) is 0 Å². The molecular weight excluding hydrogens is 677 g/mol. The topological polar surface area (TPSA) is 8.17 Å². The van der Waals surface area contributed by atoms with Crippen molar-refractivity contribution >= 4 is 38.9 Å². The zero-order valence-corrected chi connectivity index (χ0v) is 30.8. The van der Waals surface area contributed by atoms with Gasteiger partial charge in [0.1, 0.15) is 0 Å². The number of aromatic nitrogens is 1. The van der Waals surface area contributed by atoms with Crippen LogP contribution < -0.4 is 4.90 Å². The van der Waals surface area contributed by atoms with E-state index in [0.29, 0.717) is 0 Å². The number of anilines is 3. The first-order chi connectivity index (χ1) is 27.8. The Kier molecular flexibility index (Phi) is 8.55. The van der Waals surface area contributed by atoms with Crippen LogP contribution in [0.1, 0.15) is 0 Å². The quantitative estimate of drug-likeness (QED) is 0.152. The molecule has 2 nitrogen and oxygen atoms in total. The number of rotatable bonds is 8. The summed E-state index contributed by atoms with van der Waals surface area (Å²) in [5.41, 5.74) is 16.4. The van der Waals surface area contributed by atoms with E-state index in [4.69, 9.17) is 0 Å². The SMILES string of the molecule is c1ccc(-c2ccccc2-c2ccc(N(c3ccccc3)c3cccc4c3c3ccccc3n4-c3c(-c4ccccc4)cccc3-c3ccccc3)cc2)cc1. The minimum absolute atomic E-state index is 1.09. The van der Waals surface area contributed by atoms with Crippen molar-refractivity contribution in [1.82, 2.24) is 4.57 Å². The lowest BCUT2D eigenvalue weighted by Gasteiger charge is -2.27. The molecule has 0 atom stereocenters. The predicted octanol–water partition coefficient (Wildman–Crippen LogP) is 14.9. The highest BCUT2D eigenvalue weighted by Crippen LogP contribution is 2.47. The van der Waals surface area contributed by atoms with Gasteiger partial charge in [-0.1, -0.05) is 188 Å². The summed E-state index contributed by atoms with van der Waals surface area (Å²) in [6.07, 6.45) is 0. The Morgan fingerprint density at radius 1 is 0.286 bits per heavy atom. The third-order valence-electron chi connectivity index (χ3n) is 10.8. The minimum atomic E-state index is 1.09. The molecule has 0 saturated carbocycles. The average Bonchev–Trinajstić information content (AvgIpc) is 3.62. The van der Waals surface area contributed by atoms with Crippen LogP contribution >= 0.6 is 0 Å². The van der Waals surface area contributed by atoms with E-state index in [0.717, 1.165) is 28.1 Å². The van der Waals surface area contributed by atoms with Crippen molar-refractivity contribution < 1.29 is 0 Å². The summed E-state index contributed by atoms with van der Waals surface area (Å²) < 4.78 is 2.49. The molecule has 0 spiro atoms. The summed E-state index contributed by atoms with van der Waals surface area (Å²) in [5.74, 6) is 0. The fourth-order valence-electron chi connectivity index (χ4n) is 8.31. The fraction of sp³-hybridized carbons (Fsp3) is 0. The van der Waals surface area contributed by atoms with Crippen molar-refractivity contribution in [1.29, 1.82) is 0 Å². The van der Waals surface area contributed by atoms with Crippen molar-refractivity contribution in [3.8, 4) is 50.2 Å². The summed E-state index contributed by atoms with van der Waals surface area (Å²) in [6.45, 7) is 0. The number of hydrogen-bond donors (Lipinski definition) is 0. The Morgan fingerprint density at radius 3 is 1.29 bits per heavy atom. The van der Waals surface area contributed by atoms with Crippen LogP contribution in [-0.4, -0.2) is 4.57 Å². The molecule has 56 heavy (non-hydrogen) atoms. The van der Waals surface area contributed by atoms with Crippen LogP contribution in [0.25, 0.3) is 72.0 Å². The van der Waals surface area contributed by atoms with Gasteiger partial charge < -0.3 is 9.47 Å². The summed E-state index contributed by atoms with van der Waals surface area (Å²) in [4.78, 5) is 2.41. The van der Waals surface area contributed by atoms with E-state index < -0.39 is 0 Å². The van der Waals surface area contributed by atoms with E-state index in [1.165, 1.54) is 61.0 Å². The molecule has 0 aliphatic rings. The summed E-state index contributed by atoms with van der Waals surface area (Å²) in [5, 5.41) is 2.40. The van der Waals surface area contributed by atoms with Crippen molar-refractivity contribution in [3.63, 3.8) is 0 Å². The van der Waals surface area contributed by atoms with Crippen LogP contribution in [0.5, 0.6) is 0 Å². The third kappa shape index (κ3) is 5.85. The molecule has 0 aliphatic carbocycles. The standard InChI is InChI=1S/C54H38N2/c1-5-19-39(20-6-1)45-27-13-14-28-46(45)42-35-37-44(38-36-42)55(43-25-11-4-12-26-43)51-33-18-34-52-53(51)49-29-15-16-32-50(49)56(52)54-47(40-21-7-2-8-22-40)30-17-31-48(54)41-23-9-3-10-24-41/h1-38H. The maximum Gasteiger partial charge on any atom is 0.0618 e. The van der Waals surface area contributed by atoms with E-state index in [9.17, 15) is 0 Å². The van der Waals surface area contributed by atoms with Gasteiger partial charge in [0.2, 0.25) is 0 Å². The van der Waals surface area contributed by atoms with Gasteiger partial charge in [0, 0.05) is 33.3 Å². The third-order valence-corrected chi connectivity index (χ3v) is 10.8. The van der Waals surface area contributed by atoms with Gasteiger partial charge >= 0.3 is 0 Å². The van der Waals surface area contributed by atoms with Crippen molar-refractivity contribution in [2.24, 2.45) is 0 Å². The lowest BCUT2D eigenvalue weighted by atomic mass is 9.94. The number of nitrogens with zero attached hydrogens (tertiary/aromatic N) is 2. The number of para-hydroxylation sites is 3. The van der Waals surface area contributed by atoms with Gasteiger partial charge in [0.05, 0.1) is 22.4 Å². The highest BCUT2D eigenvalue weighted by atomic mass is 15.1. The van der Waals surface area contributed by atoms with E-state index in [1.807, 2.05) is 0 Å². The Bertz CT molecular complexity index is 2870. The van der Waals surface area contributed by atoms with Crippen LogP contribution in [0.2, 0.25) is 0 Å². The predicted molar refractivity (Wildman–Crippen MR) is 237 cm³/mol. The fourth-order valence-corrected chi connectivity index (χ4v) is 8.31. The van der Waals surface area contributed by atoms with Crippen molar-refractivity contribution in [3.05, 3.63) is 231 Å². The van der Waals surface area contributed by atoms with E-state index >= 15 is 0 Å². The second-order valence-electron chi connectivity index (χ2n) is 14.1. The zero-order chi connectivity index (χ0) is 37.3. The lowest BCUT2D eigenvalue weighted by molar-refractivity contribution is 1.18.